The van der Waals surface area contributed by atoms with E-state index in [2.05, 4.69) is 10.1 Å². The highest BCUT2D eigenvalue weighted by Gasteiger charge is 2.38. The van der Waals surface area contributed by atoms with E-state index in [-0.39, 0.29) is 38.4 Å². The number of hydrogen-bond acceptors (Lipinski definition) is 3. The lowest BCUT2D eigenvalue weighted by Crippen LogP contribution is -2.15. The molecule has 2 heterocycles. The van der Waals surface area contributed by atoms with Crippen molar-refractivity contribution in [1.82, 2.24) is 14.6 Å². The molecule has 0 saturated carbocycles. The lowest BCUT2D eigenvalue weighted by Gasteiger charge is -2.09. The van der Waals surface area contributed by atoms with Crippen molar-refractivity contribution >= 4 is 28.8 Å². The lowest BCUT2D eigenvalue weighted by molar-refractivity contribution is -0.140. The number of benzene rings is 3. The van der Waals surface area contributed by atoms with Crippen LogP contribution in [0.5, 0.6) is 11.5 Å². The zero-order valence-corrected chi connectivity index (χ0v) is 19.7. The van der Waals surface area contributed by atoms with E-state index in [0.29, 0.717) is 16.1 Å². The van der Waals surface area contributed by atoms with Gasteiger partial charge in [-0.2, -0.15) is 13.2 Å². The number of H-pyrrole nitrogens is 1. The number of fused-ring (bicyclic) bond motifs is 1. The molecule has 0 aliphatic carbocycles. The van der Waals surface area contributed by atoms with E-state index in [1.165, 1.54) is 36.4 Å². The van der Waals surface area contributed by atoms with Crippen LogP contribution in [-0.4, -0.2) is 14.6 Å². The SMILES string of the molecule is O=c1cc(-c2cccc(Oc3cc(F)cc(F)c3)c2)nc2c(-c3ccc(Cl)c(Cl)c3)c(C(F)(F)F)[nH]n12. The van der Waals surface area contributed by atoms with Gasteiger partial charge in [0.25, 0.3) is 5.56 Å². The Kier molecular flexibility index (Phi) is 6.17. The molecule has 0 bridgehead atoms. The first-order valence-electron chi connectivity index (χ1n) is 10.4. The van der Waals surface area contributed by atoms with E-state index in [1.807, 2.05) is 0 Å². The Morgan fingerprint density at radius 1 is 0.838 bits per heavy atom. The van der Waals surface area contributed by atoms with Crippen LogP contribution >= 0.6 is 23.2 Å². The Labute approximate surface area is 214 Å². The summed E-state index contributed by atoms with van der Waals surface area (Å²) >= 11 is 12.0. The number of ether oxygens (including phenoxy) is 1. The first-order chi connectivity index (χ1) is 17.5. The van der Waals surface area contributed by atoms with Gasteiger partial charge >= 0.3 is 6.18 Å². The molecule has 188 valence electrons. The fourth-order valence-electron chi connectivity index (χ4n) is 3.76. The van der Waals surface area contributed by atoms with Crippen molar-refractivity contribution in [2.45, 2.75) is 6.18 Å². The molecular formula is C25H12Cl2F5N3O2. The zero-order chi connectivity index (χ0) is 26.5. The summed E-state index contributed by atoms with van der Waals surface area (Å²) in [7, 11) is 0. The first kappa shape index (κ1) is 24.8. The van der Waals surface area contributed by atoms with Gasteiger partial charge in [0.1, 0.15) is 28.8 Å². The largest absolute Gasteiger partial charge is 0.457 e. The standard InChI is InChI=1S/C25H12Cl2F5N3O2/c26-18-5-4-13(7-19(18)27)22-23(25(30,31)32)34-35-21(36)11-20(33-24(22)35)12-2-1-3-16(6-12)37-17-9-14(28)8-15(29)10-17/h1-11,34H. The molecule has 0 saturated heterocycles. The van der Waals surface area contributed by atoms with Crippen molar-refractivity contribution in [3.8, 4) is 33.9 Å². The number of aromatic amines is 1. The van der Waals surface area contributed by atoms with Crippen LogP contribution in [-0.2, 0) is 6.18 Å². The average molecular weight is 552 g/mol. The molecule has 0 aliphatic rings. The van der Waals surface area contributed by atoms with E-state index < -0.39 is 34.6 Å². The number of alkyl halides is 3. The highest BCUT2D eigenvalue weighted by atomic mass is 35.5. The van der Waals surface area contributed by atoms with Gasteiger partial charge in [-0.1, -0.05) is 41.4 Å². The number of hydrogen-bond donors (Lipinski definition) is 1. The van der Waals surface area contributed by atoms with Gasteiger partial charge in [-0.25, -0.2) is 18.3 Å². The summed E-state index contributed by atoms with van der Waals surface area (Å²) in [5.74, 6) is -1.64. The molecule has 0 radical (unpaired) electrons. The second kappa shape index (κ2) is 9.20. The molecule has 1 N–H and O–H groups in total. The summed E-state index contributed by atoms with van der Waals surface area (Å²) < 4.78 is 75.0. The quantitative estimate of drug-likeness (QED) is 0.232. The van der Waals surface area contributed by atoms with Crippen molar-refractivity contribution in [1.29, 1.82) is 0 Å². The number of rotatable bonds is 4. The van der Waals surface area contributed by atoms with Crippen LogP contribution in [0, 0.1) is 11.6 Å². The van der Waals surface area contributed by atoms with E-state index in [1.54, 1.807) is 6.07 Å². The fourth-order valence-corrected chi connectivity index (χ4v) is 4.06. The predicted molar refractivity (Wildman–Crippen MR) is 128 cm³/mol. The van der Waals surface area contributed by atoms with Gasteiger partial charge in [0, 0.05) is 29.8 Å². The van der Waals surface area contributed by atoms with Crippen LogP contribution in [0.15, 0.2) is 71.5 Å². The van der Waals surface area contributed by atoms with Gasteiger partial charge in [0.15, 0.2) is 5.65 Å². The summed E-state index contributed by atoms with van der Waals surface area (Å²) in [5.41, 5.74) is -2.32. The molecule has 3 aromatic carbocycles. The summed E-state index contributed by atoms with van der Waals surface area (Å²) in [4.78, 5) is 17.2. The van der Waals surface area contributed by atoms with Crippen LogP contribution in [0.1, 0.15) is 5.69 Å². The van der Waals surface area contributed by atoms with Crippen molar-refractivity contribution in [2.75, 3.05) is 0 Å². The van der Waals surface area contributed by atoms with Gasteiger partial charge in [-0.3, -0.25) is 9.89 Å². The van der Waals surface area contributed by atoms with Gasteiger partial charge < -0.3 is 4.74 Å². The molecule has 37 heavy (non-hydrogen) atoms. The van der Waals surface area contributed by atoms with Gasteiger partial charge in [-0.15, -0.1) is 0 Å². The summed E-state index contributed by atoms with van der Waals surface area (Å²) in [6.45, 7) is 0. The predicted octanol–water partition coefficient (Wildman–Crippen LogP) is 7.75. The van der Waals surface area contributed by atoms with E-state index in [9.17, 15) is 26.7 Å². The van der Waals surface area contributed by atoms with Crippen molar-refractivity contribution < 1.29 is 26.7 Å². The third-order valence-corrected chi connectivity index (χ3v) is 6.05. The van der Waals surface area contributed by atoms with Crippen LogP contribution in [0.25, 0.3) is 28.0 Å². The van der Waals surface area contributed by atoms with Crippen LogP contribution < -0.4 is 10.3 Å². The molecule has 5 aromatic rings. The monoisotopic (exact) mass is 551 g/mol. The number of nitrogens with zero attached hydrogens (tertiary/aromatic N) is 2. The van der Waals surface area contributed by atoms with E-state index in [4.69, 9.17) is 27.9 Å². The number of halogens is 7. The van der Waals surface area contributed by atoms with E-state index in [0.717, 1.165) is 18.2 Å². The van der Waals surface area contributed by atoms with Gasteiger partial charge in [0.05, 0.1) is 21.3 Å². The molecule has 12 heteroatoms. The fraction of sp³-hybridized carbons (Fsp3) is 0.0400. The molecule has 2 aromatic heterocycles. The Hall–Kier alpha value is -3.89. The first-order valence-corrected chi connectivity index (χ1v) is 11.2. The highest BCUT2D eigenvalue weighted by Crippen LogP contribution is 2.40. The molecule has 0 fully saturated rings. The number of nitrogens with one attached hydrogen (secondary N) is 1. The lowest BCUT2D eigenvalue weighted by atomic mass is 10.1. The van der Waals surface area contributed by atoms with Crippen LogP contribution in [0.2, 0.25) is 10.0 Å². The van der Waals surface area contributed by atoms with Crippen molar-refractivity contribution in [3.05, 3.63) is 104 Å². The maximum atomic E-state index is 13.9. The maximum Gasteiger partial charge on any atom is 0.433 e. The zero-order valence-electron chi connectivity index (χ0n) is 18.2. The average Bonchev–Trinajstić information content (AvgIpc) is 3.21. The second-order valence-electron chi connectivity index (χ2n) is 7.86. The molecule has 5 nitrogen and oxygen atoms in total. The molecule has 0 unspecified atom stereocenters. The third kappa shape index (κ3) is 4.90. The van der Waals surface area contributed by atoms with Gasteiger partial charge in [-0.05, 0) is 29.8 Å². The Balaban J connectivity index is 1.66. The summed E-state index contributed by atoms with van der Waals surface area (Å²) in [5, 5.41) is 2.24. The molecule has 5 rings (SSSR count). The van der Waals surface area contributed by atoms with Crippen molar-refractivity contribution in [2.24, 2.45) is 0 Å². The second-order valence-corrected chi connectivity index (χ2v) is 8.68. The van der Waals surface area contributed by atoms with Crippen LogP contribution in [0.3, 0.4) is 0 Å². The van der Waals surface area contributed by atoms with Gasteiger partial charge in [0.2, 0.25) is 0 Å². The molecule has 0 amide bonds. The molecular weight excluding hydrogens is 540 g/mol. The minimum Gasteiger partial charge on any atom is -0.457 e. The van der Waals surface area contributed by atoms with Crippen LogP contribution in [0.4, 0.5) is 22.0 Å². The minimum absolute atomic E-state index is 0.0174. The summed E-state index contributed by atoms with van der Waals surface area (Å²) in [6, 6.07) is 13.6. The van der Waals surface area contributed by atoms with E-state index >= 15 is 0 Å². The highest BCUT2D eigenvalue weighted by molar-refractivity contribution is 6.42. The Morgan fingerprint density at radius 3 is 2.24 bits per heavy atom. The topological polar surface area (TPSA) is 59.4 Å². The Morgan fingerprint density at radius 2 is 1.57 bits per heavy atom. The molecule has 0 spiro atoms. The Bertz CT molecular complexity index is 1710. The number of aromatic nitrogens is 3. The van der Waals surface area contributed by atoms with Crippen molar-refractivity contribution in [3.63, 3.8) is 0 Å². The maximum absolute atomic E-state index is 13.9. The third-order valence-electron chi connectivity index (χ3n) is 5.31. The normalized spacial score (nSPS) is 11.8. The summed E-state index contributed by atoms with van der Waals surface area (Å²) in [6.07, 6.45) is -4.85. The molecule has 0 aliphatic heterocycles. The minimum atomic E-state index is -4.85. The smallest absolute Gasteiger partial charge is 0.433 e. The molecule has 0 atom stereocenters.